The predicted octanol–water partition coefficient (Wildman–Crippen LogP) is 7.62. The third-order valence-corrected chi connectivity index (χ3v) is 6.18. The zero-order valence-corrected chi connectivity index (χ0v) is 16.4. The normalized spacial score (nSPS) is 22.9. The molecule has 3 rings (SSSR count). The third-order valence-electron chi connectivity index (χ3n) is 6.18. The van der Waals surface area contributed by atoms with Crippen LogP contribution in [-0.4, -0.2) is 0 Å². The van der Waals surface area contributed by atoms with Crippen molar-refractivity contribution in [3.63, 3.8) is 0 Å². The fourth-order valence-electron chi connectivity index (χ4n) is 4.68. The summed E-state index contributed by atoms with van der Waals surface area (Å²) in [6, 6.07) is 22.3. The van der Waals surface area contributed by atoms with E-state index in [0.717, 1.165) is 11.8 Å². The van der Waals surface area contributed by atoms with E-state index in [4.69, 9.17) is 0 Å². The fourth-order valence-corrected chi connectivity index (χ4v) is 4.68. The van der Waals surface area contributed by atoms with E-state index in [-0.39, 0.29) is 0 Å². The molecule has 0 unspecified atom stereocenters. The Hall–Kier alpha value is -1.56. The van der Waals surface area contributed by atoms with Gasteiger partial charge in [-0.2, -0.15) is 0 Å². The summed E-state index contributed by atoms with van der Waals surface area (Å²) in [7, 11) is 0. The molecule has 0 bridgehead atoms. The quantitative estimate of drug-likeness (QED) is 0.533. The Morgan fingerprint density at radius 2 is 0.808 bits per heavy atom. The van der Waals surface area contributed by atoms with Gasteiger partial charge in [-0.1, -0.05) is 125 Å². The second kappa shape index (κ2) is 11.2. The van der Waals surface area contributed by atoms with Crippen molar-refractivity contribution in [2.24, 2.45) is 11.8 Å². The van der Waals surface area contributed by atoms with Crippen LogP contribution in [0, 0.1) is 11.8 Å². The molecule has 0 saturated heterocycles. The van der Waals surface area contributed by atoms with Crippen molar-refractivity contribution in [1.29, 1.82) is 0 Å². The van der Waals surface area contributed by atoms with Gasteiger partial charge in [0.15, 0.2) is 0 Å². The van der Waals surface area contributed by atoms with Gasteiger partial charge in [-0.3, -0.25) is 0 Å². The molecule has 0 nitrogen and oxygen atoms in total. The Bertz CT molecular complexity index is 518. The maximum absolute atomic E-state index is 2.31. The van der Waals surface area contributed by atoms with Gasteiger partial charge in [-0.15, -0.1) is 0 Å². The molecular formula is C26H36. The van der Waals surface area contributed by atoms with Crippen molar-refractivity contribution in [2.75, 3.05) is 0 Å². The number of rotatable bonds is 4. The lowest BCUT2D eigenvalue weighted by Crippen LogP contribution is -2.08. The summed E-state index contributed by atoms with van der Waals surface area (Å²) in [5.74, 6) is 1.80. The molecule has 0 aromatic heterocycles. The van der Waals surface area contributed by atoms with Crippen molar-refractivity contribution >= 4 is 0 Å². The van der Waals surface area contributed by atoms with Crippen LogP contribution in [0.3, 0.4) is 0 Å². The smallest absolute Gasteiger partial charge is 0.0250 e. The molecule has 0 amide bonds. The minimum absolute atomic E-state index is 0.900. The second-order valence-electron chi connectivity index (χ2n) is 8.39. The maximum atomic E-state index is 2.31. The minimum atomic E-state index is 0.900. The van der Waals surface area contributed by atoms with Gasteiger partial charge >= 0.3 is 0 Å². The van der Waals surface area contributed by atoms with E-state index in [0.29, 0.717) is 0 Å². The molecule has 0 N–H and O–H groups in total. The Labute approximate surface area is 161 Å². The summed E-state index contributed by atoms with van der Waals surface area (Å²) >= 11 is 0. The van der Waals surface area contributed by atoms with Gasteiger partial charge < -0.3 is 0 Å². The SMILES string of the molecule is c1ccc(CC2CCCCCC(Cc3ccccc3)CCCCC2)cc1. The van der Waals surface area contributed by atoms with Gasteiger partial charge in [0.2, 0.25) is 0 Å². The highest BCUT2D eigenvalue weighted by Crippen LogP contribution is 2.27. The van der Waals surface area contributed by atoms with Gasteiger partial charge in [0.05, 0.1) is 0 Å². The second-order valence-corrected chi connectivity index (χ2v) is 8.39. The highest BCUT2D eigenvalue weighted by molar-refractivity contribution is 5.16. The van der Waals surface area contributed by atoms with Crippen LogP contribution in [0.25, 0.3) is 0 Å². The van der Waals surface area contributed by atoms with Crippen molar-refractivity contribution in [3.05, 3.63) is 71.8 Å². The van der Waals surface area contributed by atoms with E-state index in [2.05, 4.69) is 60.7 Å². The molecule has 0 heterocycles. The Morgan fingerprint density at radius 1 is 0.462 bits per heavy atom. The van der Waals surface area contributed by atoms with Crippen LogP contribution < -0.4 is 0 Å². The molecular weight excluding hydrogens is 312 g/mol. The van der Waals surface area contributed by atoms with Gasteiger partial charge in [0.25, 0.3) is 0 Å². The van der Waals surface area contributed by atoms with Crippen molar-refractivity contribution in [3.8, 4) is 0 Å². The summed E-state index contributed by atoms with van der Waals surface area (Å²) in [6.07, 6.45) is 16.9. The first-order valence-electron chi connectivity index (χ1n) is 11.0. The zero-order chi connectivity index (χ0) is 17.9. The highest BCUT2D eigenvalue weighted by Gasteiger charge is 2.14. The topological polar surface area (TPSA) is 0 Å². The van der Waals surface area contributed by atoms with Gasteiger partial charge in [0, 0.05) is 0 Å². The largest absolute Gasteiger partial charge is 0.0622 e. The Morgan fingerprint density at radius 3 is 1.15 bits per heavy atom. The lowest BCUT2D eigenvalue weighted by atomic mass is 9.85. The summed E-state index contributed by atoms with van der Waals surface area (Å²) < 4.78 is 0. The molecule has 0 spiro atoms. The third kappa shape index (κ3) is 6.98. The first-order valence-corrected chi connectivity index (χ1v) is 11.0. The van der Waals surface area contributed by atoms with Crippen LogP contribution >= 0.6 is 0 Å². The molecule has 1 fully saturated rings. The average molecular weight is 349 g/mol. The van der Waals surface area contributed by atoms with E-state index < -0.39 is 0 Å². The van der Waals surface area contributed by atoms with Gasteiger partial charge in [-0.05, 0) is 35.8 Å². The lowest BCUT2D eigenvalue weighted by molar-refractivity contribution is 0.357. The molecule has 1 aliphatic rings. The van der Waals surface area contributed by atoms with Crippen LogP contribution in [0.2, 0.25) is 0 Å². The van der Waals surface area contributed by atoms with E-state index in [1.165, 1.54) is 88.2 Å². The molecule has 2 aromatic rings. The first-order chi connectivity index (χ1) is 12.9. The van der Waals surface area contributed by atoms with Crippen LogP contribution in [-0.2, 0) is 12.8 Å². The molecule has 140 valence electrons. The van der Waals surface area contributed by atoms with Gasteiger partial charge in [0.1, 0.15) is 0 Å². The average Bonchev–Trinajstić information content (AvgIpc) is 2.67. The van der Waals surface area contributed by atoms with E-state index >= 15 is 0 Å². The van der Waals surface area contributed by atoms with Crippen molar-refractivity contribution in [1.82, 2.24) is 0 Å². The Kier molecular flexibility index (Phi) is 8.29. The summed E-state index contributed by atoms with van der Waals surface area (Å²) in [6.45, 7) is 0. The number of benzene rings is 2. The maximum Gasteiger partial charge on any atom is -0.0250 e. The zero-order valence-electron chi connectivity index (χ0n) is 16.4. The summed E-state index contributed by atoms with van der Waals surface area (Å²) in [5.41, 5.74) is 3.07. The number of hydrogen-bond acceptors (Lipinski definition) is 0. The van der Waals surface area contributed by atoms with E-state index in [1.54, 1.807) is 0 Å². The molecule has 26 heavy (non-hydrogen) atoms. The summed E-state index contributed by atoms with van der Waals surface area (Å²) in [4.78, 5) is 0. The summed E-state index contributed by atoms with van der Waals surface area (Å²) in [5, 5.41) is 0. The monoisotopic (exact) mass is 348 g/mol. The van der Waals surface area contributed by atoms with Crippen molar-refractivity contribution < 1.29 is 0 Å². The van der Waals surface area contributed by atoms with Crippen LogP contribution in [0.4, 0.5) is 0 Å². The highest BCUT2D eigenvalue weighted by atomic mass is 14.2. The molecule has 2 aromatic carbocycles. The van der Waals surface area contributed by atoms with Crippen molar-refractivity contribution in [2.45, 2.75) is 77.0 Å². The molecule has 1 aliphatic carbocycles. The van der Waals surface area contributed by atoms with Gasteiger partial charge in [-0.25, -0.2) is 0 Å². The standard InChI is InChI=1S/C26H36/c1-5-13-23(21-25-17-9-3-10-18-25)15-7-2-8-16-24(14-6-1)22-26-19-11-4-12-20-26/h3-4,9-12,17-20,23-24H,1-2,5-8,13-16,21-22H2. The number of hydrogen-bond donors (Lipinski definition) is 0. The lowest BCUT2D eigenvalue weighted by Gasteiger charge is -2.21. The van der Waals surface area contributed by atoms with Crippen LogP contribution in [0.1, 0.15) is 75.3 Å². The minimum Gasteiger partial charge on any atom is -0.0622 e. The fraction of sp³-hybridized carbons (Fsp3) is 0.538. The molecule has 0 radical (unpaired) electrons. The van der Waals surface area contributed by atoms with E-state index in [1.807, 2.05) is 0 Å². The molecule has 0 atom stereocenters. The predicted molar refractivity (Wildman–Crippen MR) is 113 cm³/mol. The van der Waals surface area contributed by atoms with E-state index in [9.17, 15) is 0 Å². The molecule has 0 heteroatoms. The van der Waals surface area contributed by atoms with Crippen LogP contribution in [0.5, 0.6) is 0 Å². The first kappa shape index (κ1) is 19.2. The molecule has 0 aliphatic heterocycles. The van der Waals surface area contributed by atoms with Crippen LogP contribution in [0.15, 0.2) is 60.7 Å². The Balaban J connectivity index is 1.46. The molecule has 1 saturated carbocycles.